The second-order valence-electron chi connectivity index (χ2n) is 11.6. The maximum Gasteiger partial charge on any atom is 0.354 e. The van der Waals surface area contributed by atoms with E-state index in [0.29, 0.717) is 38.1 Å². The standard InChI is InChI=1S/C28H40N8O3/c1-28(2,30)25(37)33-11-13-34(14-12-33)26(38)31-24-8-10-36(27(39)32-24)23-6-4-20-15-22(5-3-21(20)16-23)35-9-7-19(17-29)18-35/h4,6,8,10,16,19,22H,3,5,7,9,11-15,17-18,29-30H2,1-2H3,(H,31,32,38,39)/t19-,22?/m1/s1. The van der Waals surface area contributed by atoms with E-state index >= 15 is 0 Å². The molecule has 210 valence electrons. The van der Waals surface area contributed by atoms with Crippen molar-refractivity contribution in [2.45, 2.75) is 51.1 Å². The summed E-state index contributed by atoms with van der Waals surface area (Å²) in [7, 11) is 0. The zero-order valence-corrected chi connectivity index (χ0v) is 22.9. The molecule has 39 heavy (non-hydrogen) atoms. The lowest BCUT2D eigenvalue weighted by Crippen LogP contribution is -2.58. The monoisotopic (exact) mass is 536 g/mol. The number of benzene rings is 1. The van der Waals surface area contributed by atoms with Gasteiger partial charge in [-0.2, -0.15) is 4.98 Å². The average molecular weight is 537 g/mol. The highest BCUT2D eigenvalue weighted by Gasteiger charge is 2.32. The van der Waals surface area contributed by atoms with Crippen LogP contribution in [0, 0.1) is 5.92 Å². The number of piperazine rings is 1. The van der Waals surface area contributed by atoms with Crippen molar-refractivity contribution in [2.75, 3.05) is 51.1 Å². The summed E-state index contributed by atoms with van der Waals surface area (Å²) in [5, 5.41) is 2.72. The van der Waals surface area contributed by atoms with Crippen molar-refractivity contribution in [3.05, 3.63) is 52.1 Å². The number of nitrogens with two attached hydrogens (primary N) is 2. The van der Waals surface area contributed by atoms with Gasteiger partial charge in [0.1, 0.15) is 5.82 Å². The molecule has 0 saturated carbocycles. The minimum Gasteiger partial charge on any atom is -0.338 e. The number of carbonyl (C=O) groups excluding carboxylic acids is 2. The maximum absolute atomic E-state index is 12.9. The molecule has 1 aromatic carbocycles. The molecular weight excluding hydrogens is 496 g/mol. The van der Waals surface area contributed by atoms with E-state index in [2.05, 4.69) is 27.3 Å². The molecule has 2 atom stereocenters. The van der Waals surface area contributed by atoms with E-state index < -0.39 is 11.2 Å². The number of amides is 3. The first kappa shape index (κ1) is 27.3. The van der Waals surface area contributed by atoms with E-state index in [9.17, 15) is 14.4 Å². The number of nitrogens with one attached hydrogen (secondary N) is 1. The van der Waals surface area contributed by atoms with Crippen molar-refractivity contribution < 1.29 is 9.59 Å². The van der Waals surface area contributed by atoms with Gasteiger partial charge in [-0.25, -0.2) is 9.59 Å². The van der Waals surface area contributed by atoms with Gasteiger partial charge in [-0.15, -0.1) is 0 Å². The summed E-state index contributed by atoms with van der Waals surface area (Å²) >= 11 is 0. The number of aryl methyl sites for hydroxylation is 1. The first-order valence-corrected chi connectivity index (χ1v) is 13.9. The zero-order valence-electron chi connectivity index (χ0n) is 22.9. The van der Waals surface area contributed by atoms with Crippen molar-refractivity contribution in [1.29, 1.82) is 0 Å². The lowest BCUT2D eigenvalue weighted by molar-refractivity contribution is -0.137. The lowest BCUT2D eigenvalue weighted by atomic mass is 9.87. The third-order valence-electron chi connectivity index (χ3n) is 8.28. The Morgan fingerprint density at radius 2 is 1.79 bits per heavy atom. The van der Waals surface area contributed by atoms with Crippen molar-refractivity contribution >= 4 is 17.8 Å². The van der Waals surface area contributed by atoms with Crippen molar-refractivity contribution in [3.63, 3.8) is 0 Å². The predicted octanol–water partition coefficient (Wildman–Crippen LogP) is 0.784. The molecule has 0 radical (unpaired) electrons. The maximum atomic E-state index is 12.9. The van der Waals surface area contributed by atoms with Gasteiger partial charge in [0, 0.05) is 45.0 Å². The Labute approximate surface area is 229 Å². The van der Waals surface area contributed by atoms with E-state index in [0.717, 1.165) is 44.6 Å². The highest BCUT2D eigenvalue weighted by Crippen LogP contribution is 2.29. The summed E-state index contributed by atoms with van der Waals surface area (Å²) in [6, 6.07) is 8.03. The molecule has 11 nitrogen and oxygen atoms in total. The van der Waals surface area contributed by atoms with Crippen LogP contribution in [0.25, 0.3) is 5.69 Å². The fourth-order valence-electron chi connectivity index (χ4n) is 5.95. The lowest BCUT2D eigenvalue weighted by Gasteiger charge is -2.37. The first-order valence-electron chi connectivity index (χ1n) is 13.9. The van der Waals surface area contributed by atoms with Crippen molar-refractivity contribution in [2.24, 2.45) is 17.4 Å². The normalized spacial score (nSPS) is 22.1. The Morgan fingerprint density at radius 3 is 2.46 bits per heavy atom. The third-order valence-corrected chi connectivity index (χ3v) is 8.28. The van der Waals surface area contributed by atoms with Crippen LogP contribution in [0.1, 0.15) is 37.8 Å². The minimum absolute atomic E-state index is 0.137. The average Bonchev–Trinajstić information content (AvgIpc) is 3.41. The van der Waals surface area contributed by atoms with Crippen LogP contribution in [0.5, 0.6) is 0 Å². The quantitative estimate of drug-likeness (QED) is 0.513. The molecule has 1 unspecified atom stereocenters. The molecule has 5 N–H and O–H groups in total. The highest BCUT2D eigenvalue weighted by molar-refractivity contribution is 5.89. The van der Waals surface area contributed by atoms with Gasteiger partial charge in [0.15, 0.2) is 0 Å². The molecule has 0 bridgehead atoms. The summed E-state index contributed by atoms with van der Waals surface area (Å²) < 4.78 is 1.51. The number of carbonyl (C=O) groups is 2. The van der Waals surface area contributed by atoms with Gasteiger partial charge in [0.05, 0.1) is 11.2 Å². The van der Waals surface area contributed by atoms with Gasteiger partial charge in [-0.1, -0.05) is 6.07 Å². The van der Waals surface area contributed by atoms with Crippen LogP contribution in [0.2, 0.25) is 0 Å². The molecular formula is C28H40N8O3. The number of nitrogens with zero attached hydrogens (tertiary/aromatic N) is 5. The number of hydrogen-bond donors (Lipinski definition) is 3. The molecule has 2 aromatic rings. The number of likely N-dealkylation sites (tertiary alicyclic amines) is 1. The number of hydrogen-bond acceptors (Lipinski definition) is 7. The van der Waals surface area contributed by atoms with Crippen molar-refractivity contribution in [1.82, 2.24) is 24.3 Å². The van der Waals surface area contributed by atoms with Gasteiger partial charge < -0.3 is 21.3 Å². The second kappa shape index (κ2) is 11.1. The SMILES string of the molecule is CC(C)(N)C(=O)N1CCN(C(=O)Nc2ccn(-c3ccc4c(c3)CCC(N3CC[C@H](CN)C3)C4)c(=O)n2)CC1. The minimum atomic E-state index is -0.943. The summed E-state index contributed by atoms with van der Waals surface area (Å²) in [5.41, 5.74) is 13.8. The Bertz CT molecular complexity index is 1280. The molecule has 5 rings (SSSR count). The predicted molar refractivity (Wildman–Crippen MR) is 150 cm³/mol. The highest BCUT2D eigenvalue weighted by atomic mass is 16.2. The fraction of sp³-hybridized carbons (Fsp3) is 0.571. The topological polar surface area (TPSA) is 143 Å². The fourth-order valence-corrected chi connectivity index (χ4v) is 5.95. The number of anilines is 1. The summed E-state index contributed by atoms with van der Waals surface area (Å²) in [4.78, 5) is 48.0. The number of fused-ring (bicyclic) bond motifs is 1. The third kappa shape index (κ3) is 6.00. The van der Waals surface area contributed by atoms with Crippen LogP contribution in [-0.2, 0) is 17.6 Å². The van der Waals surface area contributed by atoms with Crippen LogP contribution in [-0.4, -0.2) is 93.6 Å². The molecule has 3 amide bonds. The molecule has 3 aliphatic rings. The van der Waals surface area contributed by atoms with Crippen molar-refractivity contribution in [3.8, 4) is 5.69 Å². The molecule has 11 heteroatoms. The smallest absolute Gasteiger partial charge is 0.338 e. The van der Waals surface area contributed by atoms with E-state index in [4.69, 9.17) is 11.5 Å². The second-order valence-corrected chi connectivity index (χ2v) is 11.6. The molecule has 3 heterocycles. The van der Waals surface area contributed by atoms with Crippen LogP contribution < -0.4 is 22.5 Å². The summed E-state index contributed by atoms with van der Waals surface area (Å²) in [6.07, 6.45) is 5.96. The van der Waals surface area contributed by atoms with Gasteiger partial charge >= 0.3 is 11.7 Å². The zero-order chi connectivity index (χ0) is 27.7. The van der Waals surface area contributed by atoms with Crippen LogP contribution >= 0.6 is 0 Å². The molecule has 2 saturated heterocycles. The Morgan fingerprint density at radius 1 is 1.05 bits per heavy atom. The Kier molecular flexibility index (Phi) is 7.75. The van der Waals surface area contributed by atoms with Crippen LogP contribution in [0.15, 0.2) is 35.3 Å². The van der Waals surface area contributed by atoms with Gasteiger partial charge in [0.25, 0.3) is 0 Å². The molecule has 2 aliphatic heterocycles. The molecule has 0 spiro atoms. The van der Waals surface area contributed by atoms with E-state index in [1.165, 1.54) is 22.1 Å². The van der Waals surface area contributed by atoms with Gasteiger partial charge in [-0.05, 0) is 87.9 Å². The number of rotatable bonds is 5. The van der Waals surface area contributed by atoms with E-state index in [-0.39, 0.29) is 17.8 Å². The summed E-state index contributed by atoms with van der Waals surface area (Å²) in [6.45, 7) is 7.93. The van der Waals surface area contributed by atoms with Crippen LogP contribution in [0.3, 0.4) is 0 Å². The number of urea groups is 1. The van der Waals surface area contributed by atoms with Crippen LogP contribution in [0.4, 0.5) is 10.6 Å². The van der Waals surface area contributed by atoms with Gasteiger partial charge in [-0.3, -0.25) is 19.6 Å². The molecule has 1 aromatic heterocycles. The Balaban J connectivity index is 1.19. The summed E-state index contributed by atoms with van der Waals surface area (Å²) in [5.74, 6) is 0.679. The number of aromatic nitrogens is 2. The first-order chi connectivity index (χ1) is 18.6. The molecule has 1 aliphatic carbocycles. The largest absolute Gasteiger partial charge is 0.354 e. The van der Waals surface area contributed by atoms with E-state index in [1.54, 1.807) is 35.9 Å². The Hall–Kier alpha value is -3.28. The van der Waals surface area contributed by atoms with E-state index in [1.807, 2.05) is 6.07 Å². The molecule has 2 fully saturated rings. The van der Waals surface area contributed by atoms with Gasteiger partial charge in [0.2, 0.25) is 5.91 Å².